The van der Waals surface area contributed by atoms with Crippen molar-refractivity contribution < 1.29 is 18.3 Å². The van der Waals surface area contributed by atoms with Gasteiger partial charge in [0, 0.05) is 28.0 Å². The van der Waals surface area contributed by atoms with E-state index in [9.17, 15) is 9.18 Å². The van der Waals surface area contributed by atoms with Crippen molar-refractivity contribution in [1.82, 2.24) is 5.32 Å². The van der Waals surface area contributed by atoms with E-state index in [0.29, 0.717) is 18.7 Å². The molecule has 5 nitrogen and oxygen atoms in total. The summed E-state index contributed by atoms with van der Waals surface area (Å²) in [6.45, 7) is 1.10. The predicted molar refractivity (Wildman–Crippen MR) is 112 cm³/mol. The fourth-order valence-corrected chi connectivity index (χ4v) is 3.67. The number of fused-ring (bicyclic) bond motifs is 1. The molecule has 0 unspecified atom stereocenters. The summed E-state index contributed by atoms with van der Waals surface area (Å²) in [5, 5.41) is 3.84. The van der Waals surface area contributed by atoms with E-state index in [4.69, 9.17) is 20.8 Å². The number of halogens is 3. The van der Waals surface area contributed by atoms with Crippen LogP contribution in [0.2, 0.25) is 5.02 Å². The first-order valence-corrected chi connectivity index (χ1v) is 10.3. The molecule has 4 rings (SSSR count). The van der Waals surface area contributed by atoms with Crippen molar-refractivity contribution in [3.63, 3.8) is 0 Å². The van der Waals surface area contributed by atoms with Crippen LogP contribution >= 0.6 is 27.5 Å². The van der Waals surface area contributed by atoms with Gasteiger partial charge >= 0.3 is 0 Å². The van der Waals surface area contributed by atoms with Gasteiger partial charge in [-0.3, -0.25) is 4.79 Å². The molecule has 0 bridgehead atoms. The zero-order chi connectivity index (χ0) is 20.4. The second-order valence-electron chi connectivity index (χ2n) is 6.70. The van der Waals surface area contributed by atoms with Crippen molar-refractivity contribution in [2.45, 2.75) is 18.9 Å². The van der Waals surface area contributed by atoms with Crippen molar-refractivity contribution >= 4 is 50.1 Å². The number of amides is 1. The highest BCUT2D eigenvalue weighted by molar-refractivity contribution is 9.10. The standard InChI is InChI=1S/C21H17BrClFN2O3/c22-13-3-6-19-12(8-13)9-16(20(27)25-11-15-2-1-7-28-15)21(29-19)26-18-5-4-14(23)10-17(18)24/h3-6,8-10,15H,1-2,7,11H2,(H,25,27)/t15-/m0/s1. The van der Waals surface area contributed by atoms with Crippen LogP contribution in [0.4, 0.5) is 10.1 Å². The van der Waals surface area contributed by atoms with Gasteiger partial charge in [0.15, 0.2) is 0 Å². The molecule has 1 N–H and O–H groups in total. The summed E-state index contributed by atoms with van der Waals surface area (Å²) in [6.07, 6.45) is 1.89. The first-order chi connectivity index (χ1) is 14.0. The summed E-state index contributed by atoms with van der Waals surface area (Å²) < 4.78 is 26.5. The molecule has 0 aliphatic carbocycles. The quantitative estimate of drug-likeness (QED) is 0.564. The second kappa shape index (κ2) is 8.65. The highest BCUT2D eigenvalue weighted by Gasteiger charge is 2.19. The minimum atomic E-state index is -0.602. The van der Waals surface area contributed by atoms with Crippen LogP contribution in [0.1, 0.15) is 23.2 Å². The van der Waals surface area contributed by atoms with E-state index >= 15 is 0 Å². The van der Waals surface area contributed by atoms with Gasteiger partial charge in [-0.1, -0.05) is 27.5 Å². The minimum absolute atomic E-state index is 0.000381. The maximum atomic E-state index is 14.2. The first-order valence-electron chi connectivity index (χ1n) is 9.12. The molecule has 0 saturated carbocycles. The Labute approximate surface area is 179 Å². The van der Waals surface area contributed by atoms with Crippen LogP contribution in [0.3, 0.4) is 0 Å². The van der Waals surface area contributed by atoms with Crippen molar-refractivity contribution in [3.8, 4) is 0 Å². The average Bonchev–Trinajstić information content (AvgIpc) is 3.21. The SMILES string of the molecule is O=C(NC[C@@H]1CCCO1)c1cc2cc(Br)ccc2oc1=Nc1ccc(Cl)cc1F. The van der Waals surface area contributed by atoms with E-state index in [1.165, 1.54) is 12.1 Å². The Bertz CT molecular complexity index is 1140. The molecule has 29 heavy (non-hydrogen) atoms. The van der Waals surface area contributed by atoms with Crippen molar-refractivity contribution in [3.05, 3.63) is 68.9 Å². The lowest BCUT2D eigenvalue weighted by Gasteiger charge is -2.11. The Morgan fingerprint density at radius 1 is 1.28 bits per heavy atom. The molecule has 1 aromatic heterocycles. The number of benzene rings is 2. The number of carbonyl (C=O) groups excluding carboxylic acids is 1. The van der Waals surface area contributed by atoms with E-state index in [0.717, 1.165) is 28.8 Å². The maximum Gasteiger partial charge on any atom is 0.256 e. The lowest BCUT2D eigenvalue weighted by molar-refractivity contribution is 0.0854. The third-order valence-corrected chi connectivity index (χ3v) is 5.33. The van der Waals surface area contributed by atoms with Gasteiger partial charge in [0.05, 0.1) is 6.10 Å². The lowest BCUT2D eigenvalue weighted by Crippen LogP contribution is -2.34. The normalized spacial score (nSPS) is 17.1. The molecule has 1 aliphatic heterocycles. The molecule has 0 spiro atoms. The van der Waals surface area contributed by atoms with Crippen LogP contribution in [0.25, 0.3) is 11.0 Å². The van der Waals surface area contributed by atoms with Crippen LogP contribution in [0, 0.1) is 5.82 Å². The van der Waals surface area contributed by atoms with Gasteiger partial charge in [-0.2, -0.15) is 0 Å². The Morgan fingerprint density at radius 2 is 2.14 bits per heavy atom. The van der Waals surface area contributed by atoms with Gasteiger partial charge in [-0.25, -0.2) is 9.38 Å². The monoisotopic (exact) mass is 478 g/mol. The van der Waals surface area contributed by atoms with Crippen molar-refractivity contribution in [2.75, 3.05) is 13.2 Å². The van der Waals surface area contributed by atoms with E-state index in [-0.39, 0.29) is 33.8 Å². The molecule has 1 fully saturated rings. The Balaban J connectivity index is 1.78. The Kier molecular flexibility index (Phi) is 5.99. The third-order valence-electron chi connectivity index (χ3n) is 4.60. The van der Waals surface area contributed by atoms with E-state index in [1.807, 2.05) is 12.1 Å². The summed E-state index contributed by atoms with van der Waals surface area (Å²) in [4.78, 5) is 17.1. The molecule has 3 aromatic rings. The summed E-state index contributed by atoms with van der Waals surface area (Å²) in [7, 11) is 0. The number of hydrogen-bond donors (Lipinski definition) is 1. The predicted octanol–water partition coefficient (Wildman–Crippen LogP) is 5.13. The topological polar surface area (TPSA) is 63.8 Å². The number of nitrogens with zero attached hydrogens (tertiary/aromatic N) is 1. The Morgan fingerprint density at radius 3 is 2.90 bits per heavy atom. The summed E-state index contributed by atoms with van der Waals surface area (Å²) in [5.74, 6) is -0.964. The molecule has 1 amide bonds. The molecule has 2 aromatic carbocycles. The Hall–Kier alpha value is -2.22. The number of rotatable bonds is 4. The molecule has 2 heterocycles. The number of hydrogen-bond acceptors (Lipinski definition) is 4. The fraction of sp³-hybridized carbons (Fsp3) is 0.238. The van der Waals surface area contributed by atoms with E-state index in [1.54, 1.807) is 12.1 Å². The van der Waals surface area contributed by atoms with Crippen LogP contribution in [-0.2, 0) is 4.74 Å². The van der Waals surface area contributed by atoms with Gasteiger partial charge < -0.3 is 14.5 Å². The zero-order valence-corrected chi connectivity index (χ0v) is 17.6. The number of nitrogens with one attached hydrogen (secondary N) is 1. The van der Waals surface area contributed by atoms with Crippen molar-refractivity contribution in [2.24, 2.45) is 4.99 Å². The second-order valence-corrected chi connectivity index (χ2v) is 8.05. The van der Waals surface area contributed by atoms with Crippen LogP contribution < -0.4 is 10.9 Å². The third kappa shape index (κ3) is 4.69. The van der Waals surface area contributed by atoms with E-state index < -0.39 is 5.82 Å². The van der Waals surface area contributed by atoms with Gasteiger partial charge in [-0.15, -0.1) is 0 Å². The molecular formula is C21H17BrClFN2O3. The minimum Gasteiger partial charge on any atom is -0.438 e. The van der Waals surface area contributed by atoms with Gasteiger partial charge in [0.1, 0.15) is 22.7 Å². The van der Waals surface area contributed by atoms with Gasteiger partial charge in [0.25, 0.3) is 5.91 Å². The summed E-state index contributed by atoms with van der Waals surface area (Å²) >= 11 is 9.23. The van der Waals surface area contributed by atoms with Gasteiger partial charge in [0.2, 0.25) is 5.55 Å². The fourth-order valence-electron chi connectivity index (χ4n) is 3.14. The molecule has 1 aliphatic rings. The highest BCUT2D eigenvalue weighted by atomic mass is 79.9. The molecule has 1 atom stereocenters. The maximum absolute atomic E-state index is 14.2. The molecule has 150 valence electrons. The zero-order valence-electron chi connectivity index (χ0n) is 15.3. The lowest BCUT2D eigenvalue weighted by atomic mass is 10.1. The summed E-state index contributed by atoms with van der Waals surface area (Å²) in [5.41, 5.74) is 0.786. The molecule has 0 radical (unpaired) electrons. The number of ether oxygens (including phenoxy) is 1. The summed E-state index contributed by atoms with van der Waals surface area (Å²) in [6, 6.07) is 11.2. The van der Waals surface area contributed by atoms with E-state index in [2.05, 4.69) is 26.2 Å². The van der Waals surface area contributed by atoms with Crippen LogP contribution in [0.15, 0.2) is 56.3 Å². The molecular weight excluding hydrogens is 463 g/mol. The smallest absolute Gasteiger partial charge is 0.256 e. The van der Waals surface area contributed by atoms with Gasteiger partial charge in [-0.05, 0) is 55.3 Å². The van der Waals surface area contributed by atoms with Crippen LogP contribution in [0.5, 0.6) is 0 Å². The number of carbonyl (C=O) groups is 1. The van der Waals surface area contributed by atoms with Crippen LogP contribution in [-0.4, -0.2) is 25.2 Å². The highest BCUT2D eigenvalue weighted by Crippen LogP contribution is 2.23. The molecule has 8 heteroatoms. The largest absolute Gasteiger partial charge is 0.438 e. The van der Waals surface area contributed by atoms with Crippen molar-refractivity contribution in [1.29, 1.82) is 0 Å². The average molecular weight is 480 g/mol. The molecule has 1 saturated heterocycles. The first kappa shape index (κ1) is 20.1.